The summed E-state index contributed by atoms with van der Waals surface area (Å²) in [5.41, 5.74) is 0.583. The predicted octanol–water partition coefficient (Wildman–Crippen LogP) is 5.44. The third kappa shape index (κ3) is 6.07. The molecule has 154 valence electrons. The molecule has 28 heavy (non-hydrogen) atoms. The highest BCUT2D eigenvalue weighted by Gasteiger charge is 2.33. The van der Waals surface area contributed by atoms with Crippen LogP contribution in [0.3, 0.4) is 0 Å². The second-order valence-corrected chi connectivity index (χ2v) is 9.52. The molecule has 0 atom stereocenters. The summed E-state index contributed by atoms with van der Waals surface area (Å²) in [7, 11) is -3.24. The van der Waals surface area contributed by atoms with Gasteiger partial charge in [-0.3, -0.25) is 0 Å². The Labute approximate surface area is 164 Å². The van der Waals surface area contributed by atoms with Crippen molar-refractivity contribution in [3.05, 3.63) is 59.7 Å². The minimum atomic E-state index is -3.24. The molecule has 2 aromatic carbocycles. The fourth-order valence-electron chi connectivity index (χ4n) is 3.08. The van der Waals surface area contributed by atoms with Crippen molar-refractivity contribution in [1.29, 1.82) is 0 Å². The summed E-state index contributed by atoms with van der Waals surface area (Å²) in [5, 5.41) is 4.20. The van der Waals surface area contributed by atoms with Gasteiger partial charge in [0, 0.05) is 6.07 Å². The maximum absolute atomic E-state index is 14.8. The van der Waals surface area contributed by atoms with Crippen LogP contribution >= 0.6 is 0 Å². The summed E-state index contributed by atoms with van der Waals surface area (Å²) >= 11 is 0. The Morgan fingerprint density at radius 3 is 1.79 bits per heavy atom. The van der Waals surface area contributed by atoms with E-state index in [1.807, 2.05) is 0 Å². The van der Waals surface area contributed by atoms with Crippen LogP contribution in [-0.4, -0.2) is 13.7 Å². The topological polar surface area (TPSA) is 60.2 Å². The smallest absolute Gasteiger partial charge is 0.211 e. The third-order valence-electron chi connectivity index (χ3n) is 4.90. The first kappa shape index (κ1) is 22.4. The Hall–Kier alpha value is -1.86. The Morgan fingerprint density at radius 2 is 1.36 bits per heavy atom. The summed E-state index contributed by atoms with van der Waals surface area (Å²) in [4.78, 5) is 0. The van der Waals surface area contributed by atoms with Gasteiger partial charge >= 0.3 is 0 Å². The first-order chi connectivity index (χ1) is 13.0. The molecule has 0 saturated heterocycles. The highest BCUT2D eigenvalue weighted by Crippen LogP contribution is 2.41. The lowest BCUT2D eigenvalue weighted by Crippen LogP contribution is -2.23. The van der Waals surface area contributed by atoms with Gasteiger partial charge < -0.3 is 0 Å². The van der Waals surface area contributed by atoms with Crippen LogP contribution < -0.4 is 5.14 Å². The summed E-state index contributed by atoms with van der Waals surface area (Å²) in [5.74, 6) is -1.22. The number of sulfonamides is 1. The van der Waals surface area contributed by atoms with Crippen LogP contribution in [0.25, 0.3) is 11.1 Å². The van der Waals surface area contributed by atoms with E-state index in [-0.39, 0.29) is 0 Å². The lowest BCUT2D eigenvalue weighted by atomic mass is 9.81. The van der Waals surface area contributed by atoms with Crippen LogP contribution in [0.5, 0.6) is 0 Å². The van der Waals surface area contributed by atoms with E-state index in [2.05, 4.69) is 5.14 Å². The van der Waals surface area contributed by atoms with Gasteiger partial charge in [-0.15, -0.1) is 0 Å². The van der Waals surface area contributed by atoms with E-state index in [0.29, 0.717) is 29.5 Å². The molecular weight excluding hydrogens is 387 g/mol. The summed E-state index contributed by atoms with van der Waals surface area (Å²) in [6, 6.07) is 10.4. The van der Waals surface area contributed by atoms with Crippen LogP contribution in [0.1, 0.15) is 51.5 Å². The van der Waals surface area contributed by atoms with Crippen molar-refractivity contribution in [2.24, 2.45) is 5.14 Å². The average Bonchev–Trinajstić information content (AvgIpc) is 2.61. The molecule has 3 rings (SSSR count). The zero-order chi connectivity index (χ0) is 20.9. The quantitative estimate of drug-likeness (QED) is 0.728. The van der Waals surface area contributed by atoms with Gasteiger partial charge in [0.2, 0.25) is 10.0 Å². The van der Waals surface area contributed by atoms with Gasteiger partial charge in [-0.1, -0.05) is 30.7 Å². The van der Waals surface area contributed by atoms with Gasteiger partial charge in [0.15, 0.2) is 0 Å². The zero-order valence-corrected chi connectivity index (χ0v) is 16.9. The Bertz CT molecular complexity index is 870. The molecule has 1 fully saturated rings. The second-order valence-electron chi connectivity index (χ2n) is 7.40. The molecule has 1 saturated carbocycles. The normalized spacial score (nSPS) is 16.4. The van der Waals surface area contributed by atoms with Crippen molar-refractivity contribution >= 4 is 10.0 Å². The van der Waals surface area contributed by atoms with Crippen molar-refractivity contribution in [3.63, 3.8) is 0 Å². The maximum atomic E-state index is 14.8. The van der Waals surface area contributed by atoms with Crippen LogP contribution in [0.4, 0.5) is 13.2 Å². The number of hydrogen-bond acceptors (Lipinski definition) is 2. The molecule has 1 aliphatic rings. The van der Waals surface area contributed by atoms with Gasteiger partial charge in [-0.2, -0.15) is 0 Å². The van der Waals surface area contributed by atoms with E-state index in [0.717, 1.165) is 25.3 Å². The molecule has 0 spiro atoms. The lowest BCUT2D eigenvalue weighted by molar-refractivity contribution is 0.106. The number of primary sulfonamides is 1. The monoisotopic (exact) mass is 413 g/mol. The van der Waals surface area contributed by atoms with Crippen molar-refractivity contribution in [2.45, 2.75) is 56.9 Å². The predicted molar refractivity (Wildman–Crippen MR) is 106 cm³/mol. The highest BCUT2D eigenvalue weighted by molar-refractivity contribution is 7.89. The van der Waals surface area contributed by atoms with Crippen LogP contribution in [-0.2, 0) is 15.7 Å². The van der Waals surface area contributed by atoms with Gasteiger partial charge in [0.05, 0.1) is 5.25 Å². The van der Waals surface area contributed by atoms with Crippen molar-refractivity contribution in [2.75, 3.05) is 0 Å². The fraction of sp³-hybridized carbons (Fsp3) is 0.429. The van der Waals surface area contributed by atoms with Crippen molar-refractivity contribution in [1.82, 2.24) is 0 Å². The molecule has 1 aliphatic carbocycles. The Kier molecular flexibility index (Phi) is 7.28. The van der Waals surface area contributed by atoms with E-state index in [1.165, 1.54) is 26.0 Å². The highest BCUT2D eigenvalue weighted by atomic mass is 32.2. The molecule has 7 heteroatoms. The summed E-state index contributed by atoms with van der Waals surface area (Å²) in [6.07, 6.45) is 4.02. The number of benzene rings is 2. The molecule has 2 aromatic rings. The third-order valence-corrected chi connectivity index (χ3v) is 6.22. The minimum absolute atomic E-state index is 0.451. The molecule has 0 heterocycles. The zero-order valence-electron chi connectivity index (χ0n) is 16.1. The van der Waals surface area contributed by atoms with E-state index in [9.17, 15) is 21.6 Å². The second kappa shape index (κ2) is 9.09. The van der Waals surface area contributed by atoms with Gasteiger partial charge in [-0.25, -0.2) is 26.7 Å². The van der Waals surface area contributed by atoms with Crippen molar-refractivity contribution < 1.29 is 21.6 Å². The largest absolute Gasteiger partial charge is 0.239 e. The van der Waals surface area contributed by atoms with Gasteiger partial charge in [0.25, 0.3) is 0 Å². The summed E-state index contributed by atoms with van der Waals surface area (Å²) < 4.78 is 61.6. The average molecular weight is 414 g/mol. The van der Waals surface area contributed by atoms with Crippen LogP contribution in [0.15, 0.2) is 42.5 Å². The first-order valence-corrected chi connectivity index (χ1v) is 10.9. The van der Waals surface area contributed by atoms with Gasteiger partial charge in [-0.05, 0) is 68.4 Å². The van der Waals surface area contributed by atoms with Crippen LogP contribution in [0.2, 0.25) is 0 Å². The number of nitrogens with two attached hydrogens (primary N) is 1. The molecule has 0 bridgehead atoms. The summed E-state index contributed by atoms with van der Waals surface area (Å²) in [6.45, 7) is 3.07. The molecule has 0 unspecified atom stereocenters. The van der Waals surface area contributed by atoms with E-state index in [1.54, 1.807) is 24.3 Å². The fourth-order valence-corrected chi connectivity index (χ4v) is 3.08. The van der Waals surface area contributed by atoms with Crippen molar-refractivity contribution in [3.8, 4) is 11.1 Å². The van der Waals surface area contributed by atoms with E-state index < -0.39 is 32.6 Å². The molecule has 0 aromatic heterocycles. The number of hydrogen-bond donors (Lipinski definition) is 1. The molecule has 0 amide bonds. The Balaban J connectivity index is 0.000000345. The molecule has 2 N–H and O–H groups in total. The van der Waals surface area contributed by atoms with Crippen LogP contribution in [0, 0.1) is 11.6 Å². The number of rotatable bonds is 3. The number of halogens is 3. The maximum Gasteiger partial charge on any atom is 0.211 e. The number of alkyl halides is 1. The molecule has 0 radical (unpaired) electrons. The molecular formula is C21H26F3NO2S. The molecule has 0 aliphatic heterocycles. The first-order valence-electron chi connectivity index (χ1n) is 9.29. The van der Waals surface area contributed by atoms with E-state index in [4.69, 9.17) is 0 Å². The SMILES string of the molecule is CC(C)S(N)(=O)=O.Fc1cc(F)cc(-c2ccc(C3(F)CCCCC3)cc2)c1. The Morgan fingerprint density at radius 1 is 0.893 bits per heavy atom. The van der Waals surface area contributed by atoms with Gasteiger partial charge in [0.1, 0.15) is 17.3 Å². The van der Waals surface area contributed by atoms with E-state index >= 15 is 0 Å². The minimum Gasteiger partial charge on any atom is -0.239 e. The standard InChI is InChI=1S/C18H17F3.C3H9NO2S/c19-16-10-14(11-17(20)12-16)13-4-6-15(7-5-13)18(21)8-2-1-3-9-18;1-3(2)7(4,5)6/h4-7,10-12H,1-3,8-9H2;3H,1-2H3,(H2,4,5,6). The lowest BCUT2D eigenvalue weighted by Gasteiger charge is -2.30. The molecule has 3 nitrogen and oxygen atoms in total.